The molecule has 5 nitrogen and oxygen atoms in total. The van der Waals surface area contributed by atoms with Gasteiger partial charge in [0.2, 0.25) is 0 Å². The quantitative estimate of drug-likeness (QED) is 0.112. The number of carbonyl (C=O) groups is 2. The van der Waals surface area contributed by atoms with Gasteiger partial charge in [0.25, 0.3) is 0 Å². The summed E-state index contributed by atoms with van der Waals surface area (Å²) in [5.41, 5.74) is 0. The molecule has 0 aromatic heterocycles. The lowest BCUT2D eigenvalue weighted by atomic mass is 9.78. The van der Waals surface area contributed by atoms with Gasteiger partial charge in [-0.25, -0.2) is 0 Å². The molecule has 0 aliphatic heterocycles. The van der Waals surface area contributed by atoms with E-state index in [9.17, 15) is 9.59 Å². The van der Waals surface area contributed by atoms with Crippen LogP contribution >= 0.6 is 0 Å². The number of esters is 1. The zero-order valence-corrected chi connectivity index (χ0v) is 29.3. The van der Waals surface area contributed by atoms with Gasteiger partial charge in [-0.15, -0.1) is 0 Å². The van der Waals surface area contributed by atoms with Crippen molar-refractivity contribution in [2.75, 3.05) is 7.11 Å². The van der Waals surface area contributed by atoms with Crippen LogP contribution in [-0.2, 0) is 23.2 Å². The molecule has 0 aromatic rings. The Morgan fingerprint density at radius 3 is 1.82 bits per heavy atom. The molecular weight excluding hydrogens is 509 g/mol. The predicted molar refractivity (Wildman–Crippen MR) is 165 cm³/mol. The van der Waals surface area contributed by atoms with Crippen LogP contribution in [0.3, 0.4) is 0 Å². The normalized spacial score (nSPS) is 23.9. The molecule has 0 bridgehead atoms. The Labute approximate surface area is 237 Å². The molecule has 0 heterocycles. The SMILES string of the molecule is COC(=O)CCCCCC(C)C1C(O[Si](C)(C)C(C)(C)C)CC(O[Si](C)(C)C(C)(C)C)C1CCCC(C)=O. The highest BCUT2D eigenvalue weighted by atomic mass is 28.4. The molecule has 0 spiro atoms. The van der Waals surface area contributed by atoms with E-state index in [2.05, 4.69) is 74.7 Å². The Bertz CT molecular complexity index is 750. The van der Waals surface area contributed by atoms with Gasteiger partial charge in [-0.05, 0) is 86.6 Å². The van der Waals surface area contributed by atoms with Crippen molar-refractivity contribution in [3.8, 4) is 0 Å². The Hall–Kier alpha value is -0.506. The summed E-state index contributed by atoms with van der Waals surface area (Å²) < 4.78 is 19.2. The fourth-order valence-corrected chi connectivity index (χ4v) is 8.16. The van der Waals surface area contributed by atoms with Crippen LogP contribution in [0.4, 0.5) is 0 Å². The molecule has 0 amide bonds. The molecule has 0 N–H and O–H groups in total. The van der Waals surface area contributed by atoms with Crippen molar-refractivity contribution < 1.29 is 23.2 Å². The van der Waals surface area contributed by atoms with Crippen LogP contribution in [0.1, 0.15) is 113 Å². The molecule has 5 unspecified atom stereocenters. The Kier molecular flexibility index (Phi) is 13.5. The summed E-state index contributed by atoms with van der Waals surface area (Å²) in [5, 5.41) is 0.299. The van der Waals surface area contributed by atoms with Crippen molar-refractivity contribution in [3.05, 3.63) is 0 Å². The van der Waals surface area contributed by atoms with Gasteiger partial charge < -0.3 is 18.4 Å². The van der Waals surface area contributed by atoms with E-state index < -0.39 is 16.6 Å². The van der Waals surface area contributed by atoms with E-state index in [0.717, 1.165) is 44.9 Å². The van der Waals surface area contributed by atoms with Crippen molar-refractivity contribution in [2.24, 2.45) is 17.8 Å². The van der Waals surface area contributed by atoms with Gasteiger partial charge in [-0.3, -0.25) is 4.79 Å². The second-order valence-electron chi connectivity index (χ2n) is 15.1. The van der Waals surface area contributed by atoms with Crippen molar-refractivity contribution in [1.29, 1.82) is 0 Å². The molecule has 1 fully saturated rings. The third-order valence-corrected chi connectivity index (χ3v) is 18.9. The van der Waals surface area contributed by atoms with Gasteiger partial charge in [-0.2, -0.15) is 0 Å². The maximum absolute atomic E-state index is 11.8. The van der Waals surface area contributed by atoms with Crippen LogP contribution in [0.5, 0.6) is 0 Å². The minimum absolute atomic E-state index is 0.118. The summed E-state index contributed by atoms with van der Waals surface area (Å²) in [5.74, 6) is 1.48. The Morgan fingerprint density at radius 2 is 1.34 bits per heavy atom. The first-order valence-corrected chi connectivity index (χ1v) is 21.0. The molecule has 1 aliphatic rings. The van der Waals surface area contributed by atoms with Crippen LogP contribution in [0, 0.1) is 17.8 Å². The second kappa shape index (κ2) is 14.4. The fourth-order valence-electron chi connectivity index (χ4n) is 5.42. The zero-order valence-electron chi connectivity index (χ0n) is 27.3. The zero-order chi connectivity index (χ0) is 29.5. The summed E-state index contributed by atoms with van der Waals surface area (Å²) >= 11 is 0. The molecule has 1 saturated carbocycles. The molecule has 0 radical (unpaired) electrons. The van der Waals surface area contributed by atoms with Crippen LogP contribution in [0.25, 0.3) is 0 Å². The highest BCUT2D eigenvalue weighted by Crippen LogP contribution is 2.50. The molecule has 1 aliphatic carbocycles. The number of hydrogen-bond acceptors (Lipinski definition) is 5. The van der Waals surface area contributed by atoms with Crippen molar-refractivity contribution >= 4 is 28.4 Å². The van der Waals surface area contributed by atoms with E-state index in [1.807, 2.05) is 0 Å². The maximum Gasteiger partial charge on any atom is 0.305 e. The minimum atomic E-state index is -1.97. The average molecular weight is 571 g/mol. The van der Waals surface area contributed by atoms with E-state index in [4.69, 9.17) is 13.6 Å². The molecule has 224 valence electrons. The van der Waals surface area contributed by atoms with Gasteiger partial charge in [0.05, 0.1) is 19.3 Å². The van der Waals surface area contributed by atoms with Crippen molar-refractivity contribution in [2.45, 2.75) is 162 Å². The minimum Gasteiger partial charge on any atom is -0.469 e. The largest absolute Gasteiger partial charge is 0.469 e. The van der Waals surface area contributed by atoms with Gasteiger partial charge in [-0.1, -0.05) is 67.7 Å². The van der Waals surface area contributed by atoms with E-state index >= 15 is 0 Å². The molecule has 7 heteroatoms. The monoisotopic (exact) mass is 570 g/mol. The maximum atomic E-state index is 11.8. The Morgan fingerprint density at radius 1 is 0.816 bits per heavy atom. The number of ketones is 1. The average Bonchev–Trinajstić information content (AvgIpc) is 3.06. The number of ether oxygens (including phenoxy) is 1. The first kappa shape index (κ1) is 35.5. The highest BCUT2D eigenvalue weighted by molar-refractivity contribution is 6.74. The summed E-state index contributed by atoms with van der Waals surface area (Å²) in [6.07, 6.45) is 8.58. The molecule has 0 aromatic carbocycles. The number of rotatable bonds is 15. The smallest absolute Gasteiger partial charge is 0.305 e. The highest BCUT2D eigenvalue weighted by Gasteiger charge is 2.52. The van der Waals surface area contributed by atoms with Gasteiger partial charge >= 0.3 is 5.97 Å². The van der Waals surface area contributed by atoms with Gasteiger partial charge in [0.15, 0.2) is 16.6 Å². The molecule has 5 atom stereocenters. The number of methoxy groups -OCH3 is 1. The number of hydrogen-bond donors (Lipinski definition) is 0. The summed E-state index contributed by atoms with van der Waals surface area (Å²) in [4.78, 5) is 23.4. The fraction of sp³-hybridized carbons (Fsp3) is 0.935. The van der Waals surface area contributed by atoms with Crippen molar-refractivity contribution in [3.63, 3.8) is 0 Å². The molecule has 1 rings (SSSR count). The second-order valence-corrected chi connectivity index (χ2v) is 24.6. The van der Waals surface area contributed by atoms with Crippen LogP contribution in [0.2, 0.25) is 36.3 Å². The van der Waals surface area contributed by atoms with E-state index in [-0.39, 0.29) is 34.0 Å². The van der Waals surface area contributed by atoms with E-state index in [1.165, 1.54) is 7.11 Å². The Balaban J connectivity index is 3.24. The molecule has 0 saturated heterocycles. The summed E-state index contributed by atoms with van der Waals surface area (Å²) in [6, 6.07) is 0. The third kappa shape index (κ3) is 10.5. The summed E-state index contributed by atoms with van der Waals surface area (Å²) in [7, 11) is -2.48. The van der Waals surface area contributed by atoms with Crippen LogP contribution < -0.4 is 0 Å². The van der Waals surface area contributed by atoms with Crippen LogP contribution in [0.15, 0.2) is 0 Å². The topological polar surface area (TPSA) is 61.8 Å². The summed E-state index contributed by atoms with van der Waals surface area (Å²) in [6.45, 7) is 27.5. The van der Waals surface area contributed by atoms with Crippen LogP contribution in [-0.4, -0.2) is 47.7 Å². The standard InChI is InChI=1S/C31H62O5Si2/c1-23(18-15-14-16-21-28(33)34-9)29-25(20-17-19-24(2)32)26(35-37(10,11)30(3,4)5)22-27(29)36-38(12,13)31(6,7)8/h23,25-27,29H,14-22H2,1-13H3. The number of unbranched alkanes of at least 4 members (excludes halogenated alkanes) is 2. The van der Waals surface area contributed by atoms with Gasteiger partial charge in [0, 0.05) is 12.8 Å². The number of carbonyl (C=O) groups excluding carboxylic acids is 2. The lowest BCUT2D eigenvalue weighted by molar-refractivity contribution is -0.140. The van der Waals surface area contributed by atoms with E-state index in [0.29, 0.717) is 30.6 Å². The lowest BCUT2D eigenvalue weighted by Crippen LogP contribution is -2.46. The van der Waals surface area contributed by atoms with E-state index in [1.54, 1.807) is 6.92 Å². The van der Waals surface area contributed by atoms with Gasteiger partial charge in [0.1, 0.15) is 5.78 Å². The predicted octanol–water partition coefficient (Wildman–Crippen LogP) is 8.92. The lowest BCUT2D eigenvalue weighted by Gasteiger charge is -2.42. The first-order chi connectivity index (χ1) is 17.2. The first-order valence-electron chi connectivity index (χ1n) is 15.2. The third-order valence-electron chi connectivity index (χ3n) is 9.86. The molecule has 38 heavy (non-hydrogen) atoms. The number of Topliss-reactive ketones (excluding diaryl/α,β-unsaturated/α-hetero) is 1. The molecular formula is C31H62O5Si2. The van der Waals surface area contributed by atoms with Crippen molar-refractivity contribution in [1.82, 2.24) is 0 Å².